The largest absolute Gasteiger partial charge is 0.215 e. The molecule has 0 amide bonds. The quantitative estimate of drug-likeness (QED) is 0.454. The lowest BCUT2D eigenvalue weighted by molar-refractivity contribution is 0.258. The predicted octanol–water partition coefficient (Wildman–Crippen LogP) is 6.79. The van der Waals surface area contributed by atoms with Crippen LogP contribution in [0.4, 0.5) is 8.78 Å². The minimum atomic E-state index is -2.16. The summed E-state index contributed by atoms with van der Waals surface area (Å²) in [7, 11) is -2.16. The molecule has 1 aliphatic rings. The Kier molecular flexibility index (Phi) is 7.42. The molecule has 3 heteroatoms. The lowest BCUT2D eigenvalue weighted by Gasteiger charge is -2.31. The van der Waals surface area contributed by atoms with Gasteiger partial charge in [-0.2, -0.15) is 0 Å². The monoisotopic (exact) mass is 302 g/mol. The van der Waals surface area contributed by atoms with E-state index in [9.17, 15) is 8.78 Å². The van der Waals surface area contributed by atoms with Gasteiger partial charge in [-0.25, -0.2) is 8.78 Å². The molecule has 0 spiro atoms. The Hall–Kier alpha value is -0.183. The minimum absolute atomic E-state index is 0.125. The molecule has 1 saturated carbocycles. The van der Waals surface area contributed by atoms with Crippen molar-refractivity contribution in [3.05, 3.63) is 11.3 Å². The predicted molar refractivity (Wildman–Crippen MR) is 86.8 cm³/mol. The van der Waals surface area contributed by atoms with Crippen LogP contribution in [0, 0.1) is 11.8 Å². The first-order valence-corrected chi connectivity index (χ1v) is 11.2. The van der Waals surface area contributed by atoms with Crippen molar-refractivity contribution in [3.8, 4) is 0 Å². The molecule has 0 N–H and O–H groups in total. The Balaban J connectivity index is 2.77. The van der Waals surface area contributed by atoms with E-state index in [-0.39, 0.29) is 17.2 Å². The average Bonchev–Trinajstić information content (AvgIpc) is 2.50. The molecule has 0 radical (unpaired) electrons. The minimum Gasteiger partial charge on any atom is -0.215 e. The van der Waals surface area contributed by atoms with E-state index in [0.29, 0.717) is 0 Å². The standard InChI is InChI=1S/C17H32F2Si/c1-5-9-14-10-12-15(13-11-14)16(18)17(19)20(6-2,7-3)8-4/h14-15H,5-13H2,1-4H3. The molecule has 0 saturated heterocycles. The first kappa shape index (κ1) is 17.9. The first-order valence-electron chi connectivity index (χ1n) is 8.60. The first-order chi connectivity index (χ1) is 9.54. The fourth-order valence-electron chi connectivity index (χ4n) is 3.76. The zero-order valence-electron chi connectivity index (χ0n) is 13.8. The van der Waals surface area contributed by atoms with Crippen LogP contribution in [0.1, 0.15) is 66.2 Å². The van der Waals surface area contributed by atoms with E-state index in [1.54, 1.807) is 0 Å². The van der Waals surface area contributed by atoms with E-state index in [0.717, 1.165) is 49.7 Å². The molecule has 0 nitrogen and oxygen atoms in total. The summed E-state index contributed by atoms with van der Waals surface area (Å²) in [6.45, 7) is 8.30. The zero-order chi connectivity index (χ0) is 15.2. The van der Waals surface area contributed by atoms with Crippen molar-refractivity contribution in [2.45, 2.75) is 84.4 Å². The van der Waals surface area contributed by atoms with Crippen molar-refractivity contribution in [2.75, 3.05) is 0 Å². The fourth-order valence-corrected chi connectivity index (χ4v) is 6.90. The summed E-state index contributed by atoms with van der Waals surface area (Å²) in [5.74, 6) is 0.259. The van der Waals surface area contributed by atoms with Gasteiger partial charge in [0.05, 0.1) is 0 Å². The molecule has 118 valence electrons. The molecule has 0 bridgehead atoms. The van der Waals surface area contributed by atoms with Crippen molar-refractivity contribution in [1.29, 1.82) is 0 Å². The molecule has 0 unspecified atom stereocenters. The molecule has 0 aromatic heterocycles. The second-order valence-corrected chi connectivity index (χ2v) is 11.6. The molecule has 1 aliphatic carbocycles. The highest BCUT2D eigenvalue weighted by Gasteiger charge is 2.37. The van der Waals surface area contributed by atoms with Gasteiger partial charge in [0.2, 0.25) is 0 Å². The lowest BCUT2D eigenvalue weighted by Crippen LogP contribution is -2.34. The van der Waals surface area contributed by atoms with Gasteiger partial charge in [0, 0.05) is 5.92 Å². The molecule has 0 aliphatic heterocycles. The van der Waals surface area contributed by atoms with E-state index in [1.807, 2.05) is 20.8 Å². The topological polar surface area (TPSA) is 0 Å². The highest BCUT2D eigenvalue weighted by Crippen LogP contribution is 2.40. The third-order valence-electron chi connectivity index (χ3n) is 5.61. The highest BCUT2D eigenvalue weighted by molar-refractivity contribution is 6.85. The zero-order valence-corrected chi connectivity index (χ0v) is 14.8. The van der Waals surface area contributed by atoms with E-state index >= 15 is 0 Å². The SMILES string of the molecule is CCCC1CCC(C(F)=C(F)[Si](CC)(CC)CC)CC1. The van der Waals surface area contributed by atoms with Gasteiger partial charge in [-0.3, -0.25) is 0 Å². The number of hydrogen-bond acceptors (Lipinski definition) is 0. The second kappa shape index (κ2) is 8.31. The molecular formula is C17H32F2Si. The Bertz CT molecular complexity index is 305. The van der Waals surface area contributed by atoms with Crippen LogP contribution in [0.15, 0.2) is 11.3 Å². The molecule has 0 atom stereocenters. The summed E-state index contributed by atoms with van der Waals surface area (Å²) in [5.41, 5.74) is -0.302. The van der Waals surface area contributed by atoms with Gasteiger partial charge in [0.1, 0.15) is 19.4 Å². The molecule has 1 rings (SSSR count). The molecule has 0 heterocycles. The molecule has 0 aromatic rings. The summed E-state index contributed by atoms with van der Waals surface area (Å²) in [5, 5.41) is 0. The second-order valence-electron chi connectivity index (χ2n) is 6.51. The number of hydrogen-bond donors (Lipinski definition) is 0. The highest BCUT2D eigenvalue weighted by atomic mass is 28.3. The average molecular weight is 303 g/mol. The number of rotatable bonds is 7. The lowest BCUT2D eigenvalue weighted by atomic mass is 9.80. The summed E-state index contributed by atoms with van der Waals surface area (Å²) >= 11 is 0. The molecule has 1 fully saturated rings. The van der Waals surface area contributed by atoms with E-state index in [1.165, 1.54) is 12.8 Å². The Labute approximate surface area is 125 Å². The molecule has 0 aromatic carbocycles. The van der Waals surface area contributed by atoms with Gasteiger partial charge in [-0.15, -0.1) is 0 Å². The van der Waals surface area contributed by atoms with Crippen LogP contribution < -0.4 is 0 Å². The fraction of sp³-hybridized carbons (Fsp3) is 0.882. The van der Waals surface area contributed by atoms with Crippen LogP contribution in [-0.4, -0.2) is 8.07 Å². The maximum atomic E-state index is 14.7. The van der Waals surface area contributed by atoms with Gasteiger partial charge in [0.25, 0.3) is 0 Å². The Morgan fingerprint density at radius 2 is 1.40 bits per heavy atom. The van der Waals surface area contributed by atoms with Gasteiger partial charge >= 0.3 is 0 Å². The normalized spacial score (nSPS) is 25.5. The van der Waals surface area contributed by atoms with Gasteiger partial charge < -0.3 is 0 Å². The maximum absolute atomic E-state index is 14.7. The Morgan fingerprint density at radius 1 is 0.900 bits per heavy atom. The van der Waals surface area contributed by atoms with Crippen LogP contribution in [0.5, 0.6) is 0 Å². The number of allylic oxidation sites excluding steroid dienone is 1. The summed E-state index contributed by atoms with van der Waals surface area (Å²) < 4.78 is 29.3. The van der Waals surface area contributed by atoms with Crippen molar-refractivity contribution >= 4 is 8.07 Å². The van der Waals surface area contributed by atoms with Crippen LogP contribution in [0.3, 0.4) is 0 Å². The van der Waals surface area contributed by atoms with Crippen LogP contribution in [-0.2, 0) is 0 Å². The van der Waals surface area contributed by atoms with Crippen molar-refractivity contribution in [3.63, 3.8) is 0 Å². The van der Waals surface area contributed by atoms with E-state index in [2.05, 4.69) is 6.92 Å². The third kappa shape index (κ3) is 3.93. The van der Waals surface area contributed by atoms with Gasteiger partial charge in [0.15, 0.2) is 0 Å². The molecule has 20 heavy (non-hydrogen) atoms. The van der Waals surface area contributed by atoms with Gasteiger partial charge in [-0.1, -0.05) is 58.7 Å². The van der Waals surface area contributed by atoms with Crippen molar-refractivity contribution in [1.82, 2.24) is 0 Å². The summed E-state index contributed by atoms with van der Waals surface area (Å²) in [6.07, 6.45) is 6.32. The van der Waals surface area contributed by atoms with Crippen LogP contribution >= 0.6 is 0 Å². The Morgan fingerprint density at radius 3 is 1.80 bits per heavy atom. The summed E-state index contributed by atoms with van der Waals surface area (Å²) in [6, 6.07) is 2.47. The van der Waals surface area contributed by atoms with E-state index < -0.39 is 8.07 Å². The van der Waals surface area contributed by atoms with Gasteiger partial charge in [-0.05, 0) is 31.6 Å². The van der Waals surface area contributed by atoms with Crippen LogP contribution in [0.2, 0.25) is 18.1 Å². The number of halogens is 2. The maximum Gasteiger partial charge on any atom is 0.130 e. The summed E-state index contributed by atoms with van der Waals surface area (Å²) in [4.78, 5) is 0. The third-order valence-corrected chi connectivity index (χ3v) is 10.8. The van der Waals surface area contributed by atoms with Crippen molar-refractivity contribution < 1.29 is 8.78 Å². The smallest absolute Gasteiger partial charge is 0.130 e. The van der Waals surface area contributed by atoms with Crippen LogP contribution in [0.25, 0.3) is 0 Å². The molecular weight excluding hydrogens is 270 g/mol. The van der Waals surface area contributed by atoms with Crippen molar-refractivity contribution in [2.24, 2.45) is 11.8 Å². The van der Waals surface area contributed by atoms with E-state index in [4.69, 9.17) is 0 Å².